The molecule has 1 aromatic rings. The first-order valence-electron chi connectivity index (χ1n) is 5.68. The van der Waals surface area contributed by atoms with Gasteiger partial charge in [0.25, 0.3) is 0 Å². The van der Waals surface area contributed by atoms with Crippen molar-refractivity contribution in [2.75, 3.05) is 12.3 Å². The summed E-state index contributed by atoms with van der Waals surface area (Å²) in [6.45, 7) is 1.17. The van der Waals surface area contributed by atoms with Gasteiger partial charge in [-0.15, -0.1) is 10.2 Å². The molecule has 0 aromatic carbocycles. The average Bonchev–Trinajstić information content (AvgIpc) is 3.08. The zero-order chi connectivity index (χ0) is 12.3. The van der Waals surface area contributed by atoms with Gasteiger partial charge in [0.15, 0.2) is 5.16 Å². The molecule has 0 unspecified atom stereocenters. The van der Waals surface area contributed by atoms with Gasteiger partial charge in [0.1, 0.15) is 5.82 Å². The quantitative estimate of drug-likeness (QED) is 0.693. The lowest BCUT2D eigenvalue weighted by Gasteiger charge is -2.04. The summed E-state index contributed by atoms with van der Waals surface area (Å²) in [5, 5.41) is 11.6. The van der Waals surface area contributed by atoms with Crippen molar-refractivity contribution in [3.8, 4) is 0 Å². The molecule has 0 radical (unpaired) electrons. The Labute approximate surface area is 104 Å². The molecule has 0 atom stereocenters. The zero-order valence-corrected chi connectivity index (χ0v) is 10.7. The summed E-state index contributed by atoms with van der Waals surface area (Å²) < 4.78 is 1.82. The minimum atomic E-state index is 0.0548. The number of aromatic nitrogens is 3. The topological polar surface area (TPSA) is 85.8 Å². The molecule has 1 aliphatic carbocycles. The molecule has 0 bridgehead atoms. The third-order valence-corrected chi connectivity index (χ3v) is 3.75. The summed E-state index contributed by atoms with van der Waals surface area (Å²) >= 11 is 1.39. The molecule has 7 heteroatoms. The van der Waals surface area contributed by atoms with Gasteiger partial charge in [-0.1, -0.05) is 11.8 Å². The maximum absolute atomic E-state index is 11.5. The number of hydrogen-bond acceptors (Lipinski definition) is 5. The van der Waals surface area contributed by atoms with Gasteiger partial charge >= 0.3 is 0 Å². The molecule has 1 fully saturated rings. The Kier molecular flexibility index (Phi) is 4.01. The van der Waals surface area contributed by atoms with Crippen molar-refractivity contribution in [2.45, 2.75) is 24.5 Å². The molecule has 0 aliphatic heterocycles. The molecule has 1 aromatic heterocycles. The first-order chi connectivity index (χ1) is 8.20. The molecule has 3 N–H and O–H groups in total. The number of amides is 1. The molecule has 1 amide bonds. The van der Waals surface area contributed by atoms with Crippen LogP contribution < -0.4 is 11.1 Å². The highest BCUT2D eigenvalue weighted by Crippen LogP contribution is 2.27. The van der Waals surface area contributed by atoms with E-state index in [9.17, 15) is 4.79 Å². The molecule has 1 saturated carbocycles. The van der Waals surface area contributed by atoms with E-state index in [0.717, 1.165) is 17.5 Å². The molecule has 1 aliphatic rings. The van der Waals surface area contributed by atoms with Crippen LogP contribution in [0, 0.1) is 5.92 Å². The summed E-state index contributed by atoms with van der Waals surface area (Å²) in [4.78, 5) is 11.5. The lowest BCUT2D eigenvalue weighted by Crippen LogP contribution is -2.27. The van der Waals surface area contributed by atoms with Crippen LogP contribution in [0.4, 0.5) is 0 Å². The van der Waals surface area contributed by atoms with Crippen LogP contribution in [-0.4, -0.2) is 33.0 Å². The Morgan fingerprint density at radius 2 is 2.35 bits per heavy atom. The molecular formula is C10H17N5OS. The predicted octanol–water partition coefficient (Wildman–Crippen LogP) is -0.108. The van der Waals surface area contributed by atoms with Crippen LogP contribution >= 0.6 is 11.8 Å². The van der Waals surface area contributed by atoms with Gasteiger partial charge in [-0.05, 0) is 18.8 Å². The van der Waals surface area contributed by atoms with Crippen LogP contribution in [0.5, 0.6) is 0 Å². The highest BCUT2D eigenvalue weighted by molar-refractivity contribution is 7.99. The van der Waals surface area contributed by atoms with Gasteiger partial charge in [-0.3, -0.25) is 4.79 Å². The maximum Gasteiger partial charge on any atom is 0.230 e. The van der Waals surface area contributed by atoms with Gasteiger partial charge in [0.2, 0.25) is 5.91 Å². The summed E-state index contributed by atoms with van der Waals surface area (Å²) in [5.74, 6) is 1.87. The fraction of sp³-hybridized carbons (Fsp3) is 0.700. The average molecular weight is 255 g/mol. The molecule has 1 heterocycles. The Bertz CT molecular complexity index is 401. The maximum atomic E-state index is 11.5. The minimum Gasteiger partial charge on any atom is -0.355 e. The molecule has 0 saturated heterocycles. The van der Waals surface area contributed by atoms with Crippen LogP contribution in [0.3, 0.4) is 0 Å². The van der Waals surface area contributed by atoms with E-state index < -0.39 is 0 Å². The Hall–Kier alpha value is -1.08. The zero-order valence-electron chi connectivity index (χ0n) is 9.85. The molecule has 6 nitrogen and oxygen atoms in total. The minimum absolute atomic E-state index is 0.0548. The van der Waals surface area contributed by atoms with E-state index in [1.807, 2.05) is 11.6 Å². The van der Waals surface area contributed by atoms with Gasteiger partial charge in [0.05, 0.1) is 12.3 Å². The number of hydrogen-bond donors (Lipinski definition) is 2. The van der Waals surface area contributed by atoms with Crippen molar-refractivity contribution >= 4 is 17.7 Å². The summed E-state index contributed by atoms with van der Waals surface area (Å²) in [5.41, 5.74) is 5.50. The van der Waals surface area contributed by atoms with E-state index in [1.54, 1.807) is 0 Å². The SMILES string of the molecule is Cn1c(CN)nnc1SCC(=O)NCC1CC1. The standard InChI is InChI=1S/C10H17N5OS/c1-15-8(4-11)13-14-10(15)17-6-9(16)12-5-7-2-3-7/h7H,2-6,11H2,1H3,(H,12,16). The third kappa shape index (κ3) is 3.44. The number of carbonyl (C=O) groups is 1. The number of carbonyl (C=O) groups excluding carboxylic acids is 1. The van der Waals surface area contributed by atoms with Crippen molar-refractivity contribution < 1.29 is 4.79 Å². The Morgan fingerprint density at radius 3 is 2.94 bits per heavy atom. The Morgan fingerprint density at radius 1 is 1.59 bits per heavy atom. The molecular weight excluding hydrogens is 238 g/mol. The number of nitrogens with zero attached hydrogens (tertiary/aromatic N) is 3. The van der Waals surface area contributed by atoms with E-state index in [-0.39, 0.29) is 5.91 Å². The first-order valence-corrected chi connectivity index (χ1v) is 6.67. The second-order valence-electron chi connectivity index (χ2n) is 4.20. The molecule has 17 heavy (non-hydrogen) atoms. The van der Waals surface area contributed by atoms with E-state index >= 15 is 0 Å². The fourth-order valence-electron chi connectivity index (χ4n) is 1.41. The largest absolute Gasteiger partial charge is 0.355 e. The summed E-state index contributed by atoms with van der Waals surface area (Å²) in [6, 6.07) is 0. The summed E-state index contributed by atoms with van der Waals surface area (Å²) in [6.07, 6.45) is 2.49. The number of rotatable bonds is 6. The Balaban J connectivity index is 1.75. The lowest BCUT2D eigenvalue weighted by molar-refractivity contribution is -0.118. The van der Waals surface area contributed by atoms with Crippen LogP contribution in [0.25, 0.3) is 0 Å². The second-order valence-corrected chi connectivity index (χ2v) is 5.14. The highest BCUT2D eigenvalue weighted by Gasteiger charge is 2.21. The summed E-state index contributed by atoms with van der Waals surface area (Å²) in [7, 11) is 1.85. The normalized spacial score (nSPS) is 14.9. The van der Waals surface area contributed by atoms with Crippen molar-refractivity contribution in [3.05, 3.63) is 5.82 Å². The molecule has 94 valence electrons. The number of thioether (sulfide) groups is 1. The van der Waals surface area contributed by atoms with Crippen LogP contribution in [0.15, 0.2) is 5.16 Å². The van der Waals surface area contributed by atoms with Gasteiger partial charge in [-0.2, -0.15) is 0 Å². The first kappa shape index (κ1) is 12.4. The molecule has 2 rings (SSSR count). The van der Waals surface area contributed by atoms with E-state index in [4.69, 9.17) is 5.73 Å². The van der Waals surface area contributed by atoms with Gasteiger partial charge in [0, 0.05) is 13.6 Å². The van der Waals surface area contributed by atoms with Crippen molar-refractivity contribution in [2.24, 2.45) is 18.7 Å². The fourth-order valence-corrected chi connectivity index (χ4v) is 2.17. The number of nitrogens with two attached hydrogens (primary N) is 1. The van der Waals surface area contributed by atoms with Crippen molar-refractivity contribution in [1.82, 2.24) is 20.1 Å². The highest BCUT2D eigenvalue weighted by atomic mass is 32.2. The van der Waals surface area contributed by atoms with Crippen LogP contribution in [0.2, 0.25) is 0 Å². The predicted molar refractivity (Wildman–Crippen MR) is 65.4 cm³/mol. The van der Waals surface area contributed by atoms with Gasteiger partial charge < -0.3 is 15.6 Å². The van der Waals surface area contributed by atoms with Crippen LogP contribution in [0.1, 0.15) is 18.7 Å². The molecule has 0 spiro atoms. The monoisotopic (exact) mass is 255 g/mol. The van der Waals surface area contributed by atoms with Crippen molar-refractivity contribution in [1.29, 1.82) is 0 Å². The van der Waals surface area contributed by atoms with E-state index in [2.05, 4.69) is 15.5 Å². The van der Waals surface area contributed by atoms with Gasteiger partial charge in [-0.25, -0.2) is 0 Å². The lowest BCUT2D eigenvalue weighted by atomic mass is 10.4. The second kappa shape index (κ2) is 5.50. The number of nitrogens with one attached hydrogen (secondary N) is 1. The third-order valence-electron chi connectivity index (χ3n) is 2.72. The van der Waals surface area contributed by atoms with Crippen LogP contribution in [-0.2, 0) is 18.4 Å². The smallest absolute Gasteiger partial charge is 0.230 e. The van der Waals surface area contributed by atoms with Crippen molar-refractivity contribution in [3.63, 3.8) is 0 Å². The van der Waals surface area contributed by atoms with E-state index in [1.165, 1.54) is 24.6 Å². The van der Waals surface area contributed by atoms with E-state index in [0.29, 0.717) is 18.2 Å².